The lowest BCUT2D eigenvalue weighted by Crippen LogP contribution is -2.37. The molecule has 0 bridgehead atoms. The molecule has 0 amide bonds. The molecule has 1 aliphatic rings. The van der Waals surface area contributed by atoms with Crippen LogP contribution in [0.1, 0.15) is 52.0 Å². The topological polar surface area (TPSA) is 83.4 Å². The Labute approximate surface area is 192 Å². The van der Waals surface area contributed by atoms with Gasteiger partial charge in [0.1, 0.15) is 5.75 Å². The number of aromatic carboxylic acids is 1. The van der Waals surface area contributed by atoms with Crippen LogP contribution in [-0.4, -0.2) is 44.4 Å². The van der Waals surface area contributed by atoms with Gasteiger partial charge in [-0.3, -0.25) is 9.58 Å². The van der Waals surface area contributed by atoms with Gasteiger partial charge in [0.25, 0.3) is 0 Å². The first-order valence-electron chi connectivity index (χ1n) is 11.2. The predicted octanol–water partition coefficient (Wildman–Crippen LogP) is 4.96. The van der Waals surface area contributed by atoms with Gasteiger partial charge in [-0.05, 0) is 61.2 Å². The van der Waals surface area contributed by atoms with Crippen molar-refractivity contribution >= 4 is 16.9 Å². The zero-order valence-electron chi connectivity index (χ0n) is 18.9. The van der Waals surface area contributed by atoms with Crippen molar-refractivity contribution in [2.45, 2.75) is 38.4 Å². The van der Waals surface area contributed by atoms with Gasteiger partial charge in [0.2, 0.25) is 0 Å². The van der Waals surface area contributed by atoms with Crippen LogP contribution in [0.3, 0.4) is 0 Å². The van der Waals surface area contributed by atoms with Crippen LogP contribution in [0.4, 0.5) is 0 Å². The summed E-state index contributed by atoms with van der Waals surface area (Å²) in [5, 5.41) is 15.0. The largest absolute Gasteiger partial charge is 0.496 e. The van der Waals surface area contributed by atoms with Gasteiger partial charge in [-0.25, -0.2) is 4.79 Å². The van der Waals surface area contributed by atoms with Crippen LogP contribution in [0, 0.1) is 6.92 Å². The second kappa shape index (κ2) is 8.75. The highest BCUT2D eigenvalue weighted by Gasteiger charge is 2.32. The van der Waals surface area contributed by atoms with E-state index in [0.717, 1.165) is 48.3 Å². The molecule has 7 nitrogen and oxygen atoms in total. The minimum atomic E-state index is -0.907. The Morgan fingerprint density at radius 1 is 1.27 bits per heavy atom. The molecule has 0 aliphatic carbocycles. The summed E-state index contributed by atoms with van der Waals surface area (Å²) in [5.41, 5.74) is 4.89. The summed E-state index contributed by atoms with van der Waals surface area (Å²) in [6, 6.07) is 13.9. The van der Waals surface area contributed by atoms with Gasteiger partial charge in [0.05, 0.1) is 18.7 Å². The van der Waals surface area contributed by atoms with Crippen molar-refractivity contribution in [3.63, 3.8) is 0 Å². The van der Waals surface area contributed by atoms with E-state index < -0.39 is 5.97 Å². The van der Waals surface area contributed by atoms with Crippen LogP contribution >= 0.6 is 0 Å². The third kappa shape index (κ3) is 4.00. The van der Waals surface area contributed by atoms with E-state index in [-0.39, 0.29) is 6.04 Å². The molecule has 2 aromatic heterocycles. The summed E-state index contributed by atoms with van der Waals surface area (Å²) >= 11 is 0. The standard InChI is InChI=1S/C26H28N4O3/c1-17-14-24(33-2)22(21-8-11-27-25(17)21)16-29-13-9-20(30-12-3-10-28-30)15-23(29)18-4-6-19(7-5-18)26(31)32/h3-8,10-12,14,20,23,27H,9,13,15-16H2,1-2H3,(H,31,32)/t20-,23+/m1/s1. The van der Waals surface area contributed by atoms with Crippen molar-refractivity contribution in [1.82, 2.24) is 19.7 Å². The quantitative estimate of drug-likeness (QED) is 0.439. The fourth-order valence-electron chi connectivity index (χ4n) is 5.10. The number of hydrogen-bond donors (Lipinski definition) is 2. The summed E-state index contributed by atoms with van der Waals surface area (Å²) in [7, 11) is 1.73. The van der Waals surface area contributed by atoms with E-state index in [4.69, 9.17) is 4.74 Å². The van der Waals surface area contributed by atoms with Crippen molar-refractivity contribution in [2.24, 2.45) is 0 Å². The van der Waals surface area contributed by atoms with E-state index in [0.29, 0.717) is 11.6 Å². The van der Waals surface area contributed by atoms with Crippen molar-refractivity contribution in [1.29, 1.82) is 0 Å². The SMILES string of the molecule is COc1cc(C)c2[nH]ccc2c1CN1CC[C@@H](n2cccn2)C[C@H]1c1ccc(C(=O)O)cc1. The van der Waals surface area contributed by atoms with Crippen molar-refractivity contribution in [2.75, 3.05) is 13.7 Å². The average molecular weight is 445 g/mol. The molecular weight excluding hydrogens is 416 g/mol. The average Bonchev–Trinajstić information content (AvgIpc) is 3.54. The monoisotopic (exact) mass is 444 g/mol. The smallest absolute Gasteiger partial charge is 0.335 e. The Morgan fingerprint density at radius 3 is 2.79 bits per heavy atom. The Kier molecular flexibility index (Phi) is 5.64. The molecule has 0 radical (unpaired) electrons. The lowest BCUT2D eigenvalue weighted by atomic mass is 9.90. The van der Waals surface area contributed by atoms with Gasteiger partial charge in [0, 0.05) is 54.2 Å². The number of piperidine rings is 1. The lowest BCUT2D eigenvalue weighted by molar-refractivity contribution is 0.0696. The fourth-order valence-corrected chi connectivity index (χ4v) is 5.10. The van der Waals surface area contributed by atoms with Crippen LogP contribution in [0.15, 0.2) is 61.1 Å². The number of nitrogens with one attached hydrogen (secondary N) is 1. The molecule has 33 heavy (non-hydrogen) atoms. The third-order valence-corrected chi connectivity index (χ3v) is 6.82. The molecule has 2 aromatic carbocycles. The second-order valence-corrected chi connectivity index (χ2v) is 8.72. The predicted molar refractivity (Wildman–Crippen MR) is 127 cm³/mol. The molecule has 2 N–H and O–H groups in total. The lowest BCUT2D eigenvalue weighted by Gasteiger charge is -2.40. The summed E-state index contributed by atoms with van der Waals surface area (Å²) in [4.78, 5) is 17.2. The zero-order chi connectivity index (χ0) is 22.9. The van der Waals surface area contributed by atoms with Gasteiger partial charge in [-0.2, -0.15) is 5.10 Å². The molecule has 0 saturated carbocycles. The molecule has 4 aromatic rings. The molecular formula is C26H28N4O3. The third-order valence-electron chi connectivity index (χ3n) is 6.82. The number of H-pyrrole nitrogens is 1. The molecule has 0 spiro atoms. The maximum absolute atomic E-state index is 11.4. The molecule has 3 heterocycles. The number of carbonyl (C=O) groups is 1. The number of fused-ring (bicyclic) bond motifs is 1. The number of ether oxygens (including phenoxy) is 1. The number of aryl methyl sites for hydroxylation is 1. The van der Waals surface area contributed by atoms with Crippen LogP contribution in [-0.2, 0) is 6.54 Å². The van der Waals surface area contributed by atoms with Crippen LogP contribution in [0.2, 0.25) is 0 Å². The number of carboxylic acids is 1. The van der Waals surface area contributed by atoms with Gasteiger partial charge < -0.3 is 14.8 Å². The number of nitrogens with zero attached hydrogens (tertiary/aromatic N) is 3. The van der Waals surface area contributed by atoms with Gasteiger partial charge in [0.15, 0.2) is 0 Å². The van der Waals surface area contributed by atoms with Crippen LogP contribution in [0.5, 0.6) is 5.75 Å². The number of benzene rings is 2. The van der Waals surface area contributed by atoms with Crippen LogP contribution in [0.25, 0.3) is 10.9 Å². The van der Waals surface area contributed by atoms with Gasteiger partial charge >= 0.3 is 5.97 Å². The van der Waals surface area contributed by atoms with Crippen molar-refractivity contribution < 1.29 is 14.6 Å². The summed E-state index contributed by atoms with van der Waals surface area (Å²) < 4.78 is 7.84. The molecule has 0 unspecified atom stereocenters. The highest BCUT2D eigenvalue weighted by Crippen LogP contribution is 2.40. The van der Waals surface area contributed by atoms with Crippen molar-refractivity contribution in [3.8, 4) is 5.75 Å². The Bertz CT molecular complexity index is 1260. The number of likely N-dealkylation sites (tertiary alicyclic amines) is 1. The van der Waals surface area contributed by atoms with Crippen LogP contribution < -0.4 is 4.74 Å². The highest BCUT2D eigenvalue weighted by atomic mass is 16.5. The Hall–Kier alpha value is -3.58. The maximum atomic E-state index is 11.4. The van der Waals surface area contributed by atoms with E-state index in [1.807, 2.05) is 41.5 Å². The Balaban J connectivity index is 1.51. The maximum Gasteiger partial charge on any atom is 0.335 e. The fraction of sp³-hybridized carbons (Fsp3) is 0.308. The van der Waals surface area contributed by atoms with E-state index in [9.17, 15) is 9.90 Å². The molecule has 2 atom stereocenters. The number of carboxylic acid groups (broad SMARTS) is 1. The minimum absolute atomic E-state index is 0.135. The van der Waals surface area contributed by atoms with E-state index in [1.54, 1.807) is 19.2 Å². The van der Waals surface area contributed by atoms with E-state index in [1.165, 1.54) is 10.9 Å². The first-order valence-corrected chi connectivity index (χ1v) is 11.2. The summed E-state index contributed by atoms with van der Waals surface area (Å²) in [5.74, 6) is -0.00974. The summed E-state index contributed by atoms with van der Waals surface area (Å²) in [6.45, 7) is 3.74. The second-order valence-electron chi connectivity index (χ2n) is 8.72. The summed E-state index contributed by atoms with van der Waals surface area (Å²) in [6.07, 6.45) is 7.72. The molecule has 1 aliphatic heterocycles. The highest BCUT2D eigenvalue weighted by molar-refractivity contribution is 5.88. The number of methoxy groups -OCH3 is 1. The van der Waals surface area contributed by atoms with Gasteiger partial charge in [-0.15, -0.1) is 0 Å². The van der Waals surface area contributed by atoms with E-state index >= 15 is 0 Å². The minimum Gasteiger partial charge on any atom is -0.496 e. The number of hydrogen-bond acceptors (Lipinski definition) is 4. The number of aromatic nitrogens is 3. The molecule has 1 fully saturated rings. The number of aromatic amines is 1. The first kappa shape index (κ1) is 21.3. The molecule has 1 saturated heterocycles. The molecule has 170 valence electrons. The number of rotatable bonds is 6. The van der Waals surface area contributed by atoms with Crippen molar-refractivity contribution in [3.05, 3.63) is 83.3 Å². The first-order chi connectivity index (χ1) is 16.0. The Morgan fingerprint density at radius 2 is 2.09 bits per heavy atom. The van der Waals surface area contributed by atoms with Gasteiger partial charge in [-0.1, -0.05) is 12.1 Å². The normalized spacial score (nSPS) is 19.1. The molecule has 5 rings (SSSR count). The van der Waals surface area contributed by atoms with E-state index in [2.05, 4.69) is 34.0 Å². The zero-order valence-corrected chi connectivity index (χ0v) is 18.9. The molecule has 7 heteroatoms.